The third-order valence-corrected chi connectivity index (χ3v) is 6.28. The monoisotopic (exact) mass is 492 g/mol. The van der Waals surface area contributed by atoms with Gasteiger partial charge in [0.15, 0.2) is 11.5 Å². The summed E-state index contributed by atoms with van der Waals surface area (Å²) in [6, 6.07) is 13.7. The lowest BCUT2D eigenvalue weighted by molar-refractivity contribution is 0.0966. The van der Waals surface area contributed by atoms with E-state index in [2.05, 4.69) is 26.7 Å². The summed E-state index contributed by atoms with van der Waals surface area (Å²) in [5.41, 5.74) is 5.30. The predicted molar refractivity (Wildman–Crippen MR) is 132 cm³/mol. The molecule has 1 aliphatic heterocycles. The van der Waals surface area contributed by atoms with Crippen LogP contribution in [0.5, 0.6) is 11.5 Å². The molecule has 0 aliphatic carbocycles. The van der Waals surface area contributed by atoms with Crippen LogP contribution in [0, 0.1) is 0 Å². The Bertz CT molecular complexity index is 1530. The number of H-pyrrole nitrogens is 1. The number of nitrogens with zero attached hydrogens (tertiary/aromatic N) is 1. The molecule has 180 valence electrons. The second kappa shape index (κ2) is 9.05. The molecule has 10 heteroatoms. The Hall–Kier alpha value is -3.89. The van der Waals surface area contributed by atoms with Gasteiger partial charge in [0, 0.05) is 59.8 Å². The zero-order chi connectivity index (χ0) is 24.6. The van der Waals surface area contributed by atoms with E-state index < -0.39 is 10.1 Å². The van der Waals surface area contributed by atoms with Gasteiger partial charge in [0.2, 0.25) is 0 Å². The van der Waals surface area contributed by atoms with Gasteiger partial charge in [-0.1, -0.05) is 12.1 Å². The van der Waals surface area contributed by atoms with Crippen molar-refractivity contribution in [2.45, 2.75) is 19.6 Å². The maximum atomic E-state index is 12.7. The van der Waals surface area contributed by atoms with Crippen LogP contribution < -0.4 is 19.6 Å². The van der Waals surface area contributed by atoms with E-state index in [4.69, 9.17) is 8.92 Å². The van der Waals surface area contributed by atoms with Crippen molar-refractivity contribution in [3.63, 3.8) is 0 Å². The van der Waals surface area contributed by atoms with Crippen molar-refractivity contribution >= 4 is 26.9 Å². The van der Waals surface area contributed by atoms with Crippen molar-refractivity contribution in [1.29, 1.82) is 0 Å². The molecule has 0 saturated heterocycles. The van der Waals surface area contributed by atoms with E-state index >= 15 is 0 Å². The van der Waals surface area contributed by atoms with Crippen molar-refractivity contribution < 1.29 is 22.1 Å². The molecule has 1 aliphatic rings. The Kier molecular flexibility index (Phi) is 5.91. The van der Waals surface area contributed by atoms with Crippen molar-refractivity contribution in [3.05, 3.63) is 77.1 Å². The number of carbonyl (C=O) groups is 1. The second-order valence-electron chi connectivity index (χ2n) is 8.35. The Labute approximate surface area is 202 Å². The molecule has 5 rings (SSSR count). The van der Waals surface area contributed by atoms with Crippen molar-refractivity contribution in [2.24, 2.45) is 0 Å². The van der Waals surface area contributed by atoms with E-state index in [-0.39, 0.29) is 24.0 Å². The minimum atomic E-state index is -3.81. The third-order valence-electron chi connectivity index (χ3n) is 5.81. The number of pyridine rings is 1. The molecule has 0 bridgehead atoms. The number of nitrogens with one attached hydrogen (secondary N) is 3. The first-order valence-electron chi connectivity index (χ1n) is 11.0. The summed E-state index contributed by atoms with van der Waals surface area (Å²) >= 11 is 0. The summed E-state index contributed by atoms with van der Waals surface area (Å²) < 4.78 is 34.2. The Balaban J connectivity index is 1.48. The molecule has 35 heavy (non-hydrogen) atoms. The molecule has 0 saturated carbocycles. The number of ether oxygens (including phenoxy) is 1. The number of methoxy groups -OCH3 is 1. The van der Waals surface area contributed by atoms with Gasteiger partial charge in [0.25, 0.3) is 5.91 Å². The second-order valence-corrected chi connectivity index (χ2v) is 9.92. The number of hydrogen-bond donors (Lipinski definition) is 3. The fourth-order valence-corrected chi connectivity index (χ4v) is 4.76. The van der Waals surface area contributed by atoms with Crippen LogP contribution in [0.3, 0.4) is 0 Å². The van der Waals surface area contributed by atoms with E-state index in [1.165, 1.54) is 7.11 Å². The molecular formula is C25H24N4O5S. The summed E-state index contributed by atoms with van der Waals surface area (Å²) in [6.45, 7) is 1.55. The van der Waals surface area contributed by atoms with Crippen LogP contribution in [0.15, 0.2) is 54.9 Å². The minimum absolute atomic E-state index is 0.0326. The van der Waals surface area contributed by atoms with Crippen molar-refractivity contribution in [1.82, 2.24) is 20.6 Å². The molecule has 0 radical (unpaired) electrons. The lowest BCUT2D eigenvalue weighted by atomic mass is 9.98. The highest BCUT2D eigenvalue weighted by Gasteiger charge is 2.31. The average Bonchev–Trinajstić information content (AvgIpc) is 3.43. The molecule has 4 aromatic rings. The molecule has 2 aromatic heterocycles. The van der Waals surface area contributed by atoms with E-state index in [0.29, 0.717) is 29.8 Å². The Morgan fingerprint density at radius 2 is 1.94 bits per heavy atom. The van der Waals surface area contributed by atoms with Gasteiger partial charge < -0.3 is 24.5 Å². The number of fused-ring (bicyclic) bond motifs is 2. The fourth-order valence-electron chi connectivity index (χ4n) is 4.28. The average molecular weight is 493 g/mol. The van der Waals surface area contributed by atoms with Crippen molar-refractivity contribution in [3.8, 4) is 22.8 Å². The molecule has 2 aromatic carbocycles. The first kappa shape index (κ1) is 22.9. The molecule has 9 nitrogen and oxygen atoms in total. The van der Waals surface area contributed by atoms with E-state index in [9.17, 15) is 13.2 Å². The quantitative estimate of drug-likeness (QED) is 0.323. The zero-order valence-corrected chi connectivity index (χ0v) is 20.0. The number of carbonyl (C=O) groups excluding carboxylic acids is 1. The molecule has 0 atom stereocenters. The molecule has 0 unspecified atom stereocenters. The Morgan fingerprint density at radius 3 is 2.69 bits per heavy atom. The van der Waals surface area contributed by atoms with Crippen LogP contribution in [-0.4, -0.2) is 37.7 Å². The largest absolute Gasteiger partial charge is 0.493 e. The Morgan fingerprint density at radius 1 is 1.11 bits per heavy atom. The van der Waals surface area contributed by atoms with Gasteiger partial charge in [0.1, 0.15) is 0 Å². The standard InChI is InChI=1S/C25H24N4O5S/c1-33-22-10-18(23-19(14-28-25(23)30)24(22)34-35(2,31)32)21-9-17-8-15(5-6-20(17)29-21)11-27-13-16-4-3-7-26-12-16/h3-10,12,27,29H,11,13-14H2,1-2H3,(H,28,30). The first-order chi connectivity index (χ1) is 16.8. The lowest BCUT2D eigenvalue weighted by Crippen LogP contribution is -2.13. The predicted octanol–water partition coefficient (Wildman–Crippen LogP) is 3.11. The number of rotatable bonds is 8. The summed E-state index contributed by atoms with van der Waals surface area (Å²) in [4.78, 5) is 20.2. The maximum absolute atomic E-state index is 12.7. The molecule has 3 heterocycles. The smallest absolute Gasteiger partial charge is 0.306 e. The number of benzene rings is 2. The molecular weight excluding hydrogens is 468 g/mol. The molecule has 0 spiro atoms. The molecule has 0 fully saturated rings. The minimum Gasteiger partial charge on any atom is -0.493 e. The van der Waals surface area contributed by atoms with Gasteiger partial charge in [0.05, 0.1) is 18.9 Å². The van der Waals surface area contributed by atoms with Gasteiger partial charge in [-0.15, -0.1) is 0 Å². The summed E-state index contributed by atoms with van der Waals surface area (Å²) in [6.07, 6.45) is 4.54. The first-order valence-corrected chi connectivity index (χ1v) is 12.8. The lowest BCUT2D eigenvalue weighted by Gasteiger charge is -2.15. The number of aromatic nitrogens is 2. The zero-order valence-electron chi connectivity index (χ0n) is 19.2. The normalized spacial score (nSPS) is 13.0. The number of aromatic amines is 1. The van der Waals surface area contributed by atoms with E-state index in [0.717, 1.165) is 34.0 Å². The van der Waals surface area contributed by atoms with Crippen LogP contribution in [0.4, 0.5) is 0 Å². The van der Waals surface area contributed by atoms with Gasteiger partial charge in [-0.2, -0.15) is 8.42 Å². The van der Waals surface area contributed by atoms with Crippen LogP contribution in [0.2, 0.25) is 0 Å². The van der Waals surface area contributed by atoms with Gasteiger partial charge in [-0.3, -0.25) is 9.78 Å². The van der Waals surface area contributed by atoms with E-state index in [1.54, 1.807) is 12.3 Å². The van der Waals surface area contributed by atoms with Gasteiger partial charge >= 0.3 is 10.1 Å². The van der Waals surface area contributed by atoms with Crippen LogP contribution in [0.25, 0.3) is 22.2 Å². The summed E-state index contributed by atoms with van der Waals surface area (Å²) in [7, 11) is -2.38. The fraction of sp³-hybridized carbons (Fsp3) is 0.200. The van der Waals surface area contributed by atoms with Crippen molar-refractivity contribution in [2.75, 3.05) is 13.4 Å². The third kappa shape index (κ3) is 4.71. The maximum Gasteiger partial charge on any atom is 0.306 e. The highest BCUT2D eigenvalue weighted by Crippen LogP contribution is 2.43. The molecule has 1 amide bonds. The number of amides is 1. The molecule has 3 N–H and O–H groups in total. The van der Waals surface area contributed by atoms with Crippen LogP contribution >= 0.6 is 0 Å². The van der Waals surface area contributed by atoms with Gasteiger partial charge in [-0.05, 0) is 41.5 Å². The van der Waals surface area contributed by atoms with E-state index in [1.807, 2.05) is 36.5 Å². The topological polar surface area (TPSA) is 122 Å². The highest BCUT2D eigenvalue weighted by atomic mass is 32.2. The SMILES string of the molecule is COc1cc(-c2cc3cc(CNCc4cccnc4)ccc3[nH]2)c2c(c1OS(C)(=O)=O)CNC2=O. The summed E-state index contributed by atoms with van der Waals surface area (Å²) in [5, 5.41) is 7.16. The highest BCUT2D eigenvalue weighted by molar-refractivity contribution is 7.86. The van der Waals surface area contributed by atoms with Crippen LogP contribution in [0.1, 0.15) is 27.0 Å². The number of hydrogen-bond acceptors (Lipinski definition) is 7. The van der Waals surface area contributed by atoms with Crippen LogP contribution in [-0.2, 0) is 29.8 Å². The van der Waals surface area contributed by atoms with Gasteiger partial charge in [-0.25, -0.2) is 0 Å². The summed E-state index contributed by atoms with van der Waals surface area (Å²) in [5.74, 6) is -0.0280.